The summed E-state index contributed by atoms with van der Waals surface area (Å²) in [6.45, 7) is 5.06. The van der Waals surface area contributed by atoms with Crippen LogP contribution in [-0.4, -0.2) is 37.1 Å². The number of carbonyl (C=O) groups excluding carboxylic acids is 1. The summed E-state index contributed by atoms with van der Waals surface area (Å²) >= 11 is 0. The summed E-state index contributed by atoms with van der Waals surface area (Å²) in [5.74, 6) is 0.345. The van der Waals surface area contributed by atoms with Crippen LogP contribution in [0, 0.1) is 5.92 Å². The zero-order valence-electron chi connectivity index (χ0n) is 11.6. The van der Waals surface area contributed by atoms with E-state index in [1.54, 1.807) is 6.07 Å². The zero-order chi connectivity index (χ0) is 13.8. The van der Waals surface area contributed by atoms with Gasteiger partial charge in [-0.3, -0.25) is 4.90 Å². The number of hydrogen-bond donors (Lipinski definition) is 1. The highest BCUT2D eigenvalue weighted by Gasteiger charge is 2.22. The highest BCUT2D eigenvalue weighted by molar-refractivity contribution is 5.89. The van der Waals surface area contributed by atoms with Crippen LogP contribution in [0.4, 0.5) is 0 Å². The Morgan fingerprint density at radius 3 is 2.95 bits per heavy atom. The highest BCUT2D eigenvalue weighted by Crippen LogP contribution is 2.18. The number of piperidine rings is 1. The topological polar surface area (TPSA) is 55.6 Å². The van der Waals surface area contributed by atoms with Crippen molar-refractivity contribution in [2.75, 3.05) is 20.2 Å². The molecule has 1 saturated heterocycles. The number of rotatable bonds is 3. The van der Waals surface area contributed by atoms with Gasteiger partial charge in [0.2, 0.25) is 0 Å². The van der Waals surface area contributed by atoms with Crippen molar-refractivity contribution in [2.45, 2.75) is 25.9 Å². The smallest absolute Gasteiger partial charge is 0.337 e. The Labute approximate surface area is 114 Å². The Morgan fingerprint density at radius 1 is 1.47 bits per heavy atom. The number of benzene rings is 1. The van der Waals surface area contributed by atoms with Gasteiger partial charge in [-0.05, 0) is 30.0 Å². The van der Waals surface area contributed by atoms with Gasteiger partial charge in [0.05, 0.1) is 12.7 Å². The summed E-state index contributed by atoms with van der Waals surface area (Å²) in [5.41, 5.74) is 7.79. The Morgan fingerprint density at radius 2 is 2.26 bits per heavy atom. The maximum absolute atomic E-state index is 11.5. The number of ether oxygens (including phenoxy) is 1. The van der Waals surface area contributed by atoms with Crippen molar-refractivity contribution in [3.63, 3.8) is 0 Å². The van der Waals surface area contributed by atoms with E-state index in [0.29, 0.717) is 11.5 Å². The fraction of sp³-hybridized carbons (Fsp3) is 0.533. The molecule has 0 radical (unpaired) electrons. The summed E-state index contributed by atoms with van der Waals surface area (Å²) in [6, 6.07) is 7.87. The number of methoxy groups -OCH3 is 1. The van der Waals surface area contributed by atoms with Gasteiger partial charge in [-0.25, -0.2) is 4.79 Å². The van der Waals surface area contributed by atoms with Crippen molar-refractivity contribution < 1.29 is 9.53 Å². The molecule has 0 aliphatic carbocycles. The summed E-state index contributed by atoms with van der Waals surface area (Å²) in [6.07, 6.45) is 1.10. The lowest BCUT2D eigenvalue weighted by atomic mass is 9.96. The quantitative estimate of drug-likeness (QED) is 0.841. The Hall–Kier alpha value is -1.39. The van der Waals surface area contributed by atoms with Crippen LogP contribution in [0.5, 0.6) is 0 Å². The number of carbonyl (C=O) groups is 1. The van der Waals surface area contributed by atoms with Crippen LogP contribution in [-0.2, 0) is 11.3 Å². The van der Waals surface area contributed by atoms with E-state index < -0.39 is 0 Å². The van der Waals surface area contributed by atoms with Crippen LogP contribution in [0.15, 0.2) is 24.3 Å². The third-order valence-corrected chi connectivity index (χ3v) is 3.52. The van der Waals surface area contributed by atoms with Crippen molar-refractivity contribution in [3.05, 3.63) is 35.4 Å². The van der Waals surface area contributed by atoms with Gasteiger partial charge in [-0.1, -0.05) is 19.1 Å². The predicted molar refractivity (Wildman–Crippen MR) is 74.8 cm³/mol. The summed E-state index contributed by atoms with van der Waals surface area (Å²) in [5, 5.41) is 0. The van der Waals surface area contributed by atoms with Crippen LogP contribution < -0.4 is 5.73 Å². The minimum atomic E-state index is -0.287. The molecule has 0 amide bonds. The van der Waals surface area contributed by atoms with E-state index in [2.05, 4.69) is 11.8 Å². The maximum Gasteiger partial charge on any atom is 0.337 e. The van der Waals surface area contributed by atoms with Crippen molar-refractivity contribution in [2.24, 2.45) is 11.7 Å². The molecule has 0 saturated carbocycles. The molecule has 1 aromatic carbocycles. The van der Waals surface area contributed by atoms with E-state index in [-0.39, 0.29) is 12.0 Å². The highest BCUT2D eigenvalue weighted by atomic mass is 16.5. The Bertz CT molecular complexity index is 438. The van der Waals surface area contributed by atoms with Crippen molar-refractivity contribution >= 4 is 5.97 Å². The summed E-state index contributed by atoms with van der Waals surface area (Å²) in [4.78, 5) is 13.9. The first-order chi connectivity index (χ1) is 9.08. The van der Waals surface area contributed by atoms with E-state index in [1.807, 2.05) is 18.2 Å². The molecule has 0 aromatic heterocycles. The van der Waals surface area contributed by atoms with Crippen LogP contribution in [0.25, 0.3) is 0 Å². The van der Waals surface area contributed by atoms with Crippen LogP contribution in [0.1, 0.15) is 29.3 Å². The van der Waals surface area contributed by atoms with Gasteiger partial charge < -0.3 is 10.5 Å². The van der Waals surface area contributed by atoms with Crippen LogP contribution in [0.2, 0.25) is 0 Å². The molecule has 2 atom stereocenters. The normalized spacial score (nSPS) is 24.2. The number of hydrogen-bond acceptors (Lipinski definition) is 4. The first-order valence-electron chi connectivity index (χ1n) is 6.73. The average molecular weight is 262 g/mol. The second-order valence-electron chi connectivity index (χ2n) is 5.49. The number of esters is 1. The predicted octanol–water partition coefficient (Wildman–Crippen LogP) is 1.64. The summed E-state index contributed by atoms with van der Waals surface area (Å²) < 4.78 is 4.74. The van der Waals surface area contributed by atoms with Gasteiger partial charge in [0.15, 0.2) is 0 Å². The molecule has 0 bridgehead atoms. The second-order valence-corrected chi connectivity index (χ2v) is 5.49. The third-order valence-electron chi connectivity index (χ3n) is 3.52. The molecule has 1 aliphatic heterocycles. The monoisotopic (exact) mass is 262 g/mol. The molecular formula is C15H22N2O2. The first-order valence-corrected chi connectivity index (χ1v) is 6.73. The lowest BCUT2D eigenvalue weighted by Gasteiger charge is -2.34. The Kier molecular flexibility index (Phi) is 4.56. The average Bonchev–Trinajstić information content (AvgIpc) is 2.37. The van der Waals surface area contributed by atoms with Crippen molar-refractivity contribution in [1.82, 2.24) is 4.90 Å². The van der Waals surface area contributed by atoms with E-state index in [9.17, 15) is 4.79 Å². The van der Waals surface area contributed by atoms with Gasteiger partial charge >= 0.3 is 5.97 Å². The molecule has 1 heterocycles. The fourth-order valence-corrected chi connectivity index (χ4v) is 2.81. The molecule has 2 N–H and O–H groups in total. The van der Waals surface area contributed by atoms with Crippen LogP contribution in [0.3, 0.4) is 0 Å². The lowest BCUT2D eigenvalue weighted by molar-refractivity contribution is 0.0600. The van der Waals surface area contributed by atoms with Gasteiger partial charge in [-0.15, -0.1) is 0 Å². The standard InChI is InChI=1S/C15H22N2O2/c1-11-6-14(16)10-17(8-11)9-12-4-3-5-13(7-12)15(18)19-2/h3-5,7,11,14H,6,8-10,16H2,1-2H3. The molecule has 2 rings (SSSR count). The number of nitrogens with zero attached hydrogens (tertiary/aromatic N) is 1. The largest absolute Gasteiger partial charge is 0.465 e. The lowest BCUT2D eigenvalue weighted by Crippen LogP contribution is -2.45. The van der Waals surface area contributed by atoms with E-state index in [4.69, 9.17) is 10.5 Å². The minimum absolute atomic E-state index is 0.257. The maximum atomic E-state index is 11.5. The third kappa shape index (κ3) is 3.78. The number of likely N-dealkylation sites (tertiary alicyclic amines) is 1. The molecule has 1 fully saturated rings. The van der Waals surface area contributed by atoms with Gasteiger partial charge in [0.1, 0.15) is 0 Å². The minimum Gasteiger partial charge on any atom is -0.465 e. The first kappa shape index (κ1) is 14.0. The van der Waals surface area contributed by atoms with Gasteiger partial charge in [0.25, 0.3) is 0 Å². The van der Waals surface area contributed by atoms with Crippen LogP contribution >= 0.6 is 0 Å². The molecule has 0 spiro atoms. The second kappa shape index (κ2) is 6.17. The molecule has 1 aliphatic rings. The molecule has 104 valence electrons. The molecule has 19 heavy (non-hydrogen) atoms. The fourth-order valence-electron chi connectivity index (χ4n) is 2.81. The van der Waals surface area contributed by atoms with Gasteiger partial charge in [-0.2, -0.15) is 0 Å². The Balaban J connectivity index is 2.04. The SMILES string of the molecule is COC(=O)c1cccc(CN2CC(C)CC(N)C2)c1. The molecule has 4 nitrogen and oxygen atoms in total. The summed E-state index contributed by atoms with van der Waals surface area (Å²) in [7, 11) is 1.40. The molecule has 2 unspecified atom stereocenters. The number of nitrogens with two attached hydrogens (primary N) is 1. The molecule has 1 aromatic rings. The van der Waals surface area contributed by atoms with E-state index >= 15 is 0 Å². The van der Waals surface area contributed by atoms with Crippen molar-refractivity contribution in [1.29, 1.82) is 0 Å². The van der Waals surface area contributed by atoms with E-state index in [1.165, 1.54) is 7.11 Å². The van der Waals surface area contributed by atoms with E-state index in [0.717, 1.165) is 31.6 Å². The van der Waals surface area contributed by atoms with Gasteiger partial charge in [0, 0.05) is 25.7 Å². The molecule has 4 heteroatoms. The zero-order valence-corrected chi connectivity index (χ0v) is 11.6. The molecular weight excluding hydrogens is 240 g/mol. The van der Waals surface area contributed by atoms with Crippen molar-refractivity contribution in [3.8, 4) is 0 Å².